The highest BCUT2D eigenvalue weighted by Crippen LogP contribution is 2.15. The lowest BCUT2D eigenvalue weighted by Crippen LogP contribution is -2.12. The standard InChI is InChI=1S/C14H14BrNO3/c1-3-19-13(17)7-10-4-11(8-16)6-12(5-10)14(18)9(2)15/h4-6,9H,3,7H2,1-2H3. The summed E-state index contributed by atoms with van der Waals surface area (Å²) in [5.41, 5.74) is 1.38. The average Bonchev–Trinajstić information content (AvgIpc) is 2.37. The Morgan fingerprint density at radius 3 is 2.63 bits per heavy atom. The lowest BCUT2D eigenvalue weighted by molar-refractivity contribution is -0.142. The summed E-state index contributed by atoms with van der Waals surface area (Å²) in [4.78, 5) is 23.0. The molecule has 1 atom stereocenters. The Balaban J connectivity index is 3.06. The molecule has 0 amide bonds. The van der Waals surface area contributed by atoms with Gasteiger partial charge in [0.05, 0.1) is 29.5 Å². The number of rotatable bonds is 5. The van der Waals surface area contributed by atoms with Gasteiger partial charge in [0.25, 0.3) is 0 Å². The summed E-state index contributed by atoms with van der Waals surface area (Å²) < 4.78 is 4.85. The van der Waals surface area contributed by atoms with Crippen molar-refractivity contribution in [3.05, 3.63) is 34.9 Å². The monoisotopic (exact) mass is 323 g/mol. The fourth-order valence-corrected chi connectivity index (χ4v) is 1.87. The molecule has 1 unspecified atom stereocenters. The molecular formula is C14H14BrNO3. The number of carbonyl (C=O) groups excluding carboxylic acids is 2. The number of hydrogen-bond donors (Lipinski definition) is 0. The molecule has 0 aromatic heterocycles. The van der Waals surface area contributed by atoms with Gasteiger partial charge in [-0.05, 0) is 37.6 Å². The van der Waals surface area contributed by atoms with Crippen LogP contribution in [0.5, 0.6) is 0 Å². The zero-order valence-corrected chi connectivity index (χ0v) is 12.4. The minimum absolute atomic E-state index is 0.0559. The van der Waals surface area contributed by atoms with E-state index in [1.54, 1.807) is 26.0 Å². The molecule has 0 bridgehead atoms. The Kier molecular flexibility index (Phi) is 5.71. The number of Topliss-reactive ketones (excluding diaryl/α,β-unsaturated/α-hetero) is 1. The van der Waals surface area contributed by atoms with Gasteiger partial charge in [-0.2, -0.15) is 5.26 Å². The van der Waals surface area contributed by atoms with E-state index in [1.165, 1.54) is 6.07 Å². The van der Waals surface area contributed by atoms with Crippen molar-refractivity contribution in [2.24, 2.45) is 0 Å². The van der Waals surface area contributed by atoms with Crippen LogP contribution in [0.4, 0.5) is 0 Å². The third-order valence-corrected chi connectivity index (χ3v) is 2.84. The van der Waals surface area contributed by atoms with E-state index in [4.69, 9.17) is 10.00 Å². The molecule has 0 aliphatic carbocycles. The summed E-state index contributed by atoms with van der Waals surface area (Å²) in [6.07, 6.45) is 0.0559. The van der Waals surface area contributed by atoms with E-state index >= 15 is 0 Å². The van der Waals surface area contributed by atoms with Crippen LogP contribution in [0, 0.1) is 11.3 Å². The SMILES string of the molecule is CCOC(=O)Cc1cc(C#N)cc(C(=O)C(C)Br)c1. The van der Waals surface area contributed by atoms with Gasteiger partial charge in [0.1, 0.15) is 0 Å². The summed E-state index contributed by atoms with van der Waals surface area (Å²) in [6, 6.07) is 6.72. The molecule has 0 N–H and O–H groups in total. The second-order valence-corrected chi connectivity index (χ2v) is 5.37. The van der Waals surface area contributed by atoms with Crippen molar-refractivity contribution < 1.29 is 14.3 Å². The van der Waals surface area contributed by atoms with Crippen molar-refractivity contribution in [3.8, 4) is 6.07 Å². The molecule has 19 heavy (non-hydrogen) atoms. The number of alkyl halides is 1. The van der Waals surface area contributed by atoms with Crippen LogP contribution in [0.15, 0.2) is 18.2 Å². The van der Waals surface area contributed by atoms with Gasteiger partial charge < -0.3 is 4.74 Å². The first-order valence-electron chi connectivity index (χ1n) is 5.86. The van der Waals surface area contributed by atoms with E-state index < -0.39 is 0 Å². The van der Waals surface area contributed by atoms with Gasteiger partial charge in [0.15, 0.2) is 5.78 Å². The smallest absolute Gasteiger partial charge is 0.310 e. The number of carbonyl (C=O) groups is 2. The van der Waals surface area contributed by atoms with Gasteiger partial charge in [-0.25, -0.2) is 0 Å². The Morgan fingerprint density at radius 1 is 1.42 bits per heavy atom. The molecule has 1 rings (SSSR count). The summed E-state index contributed by atoms with van der Waals surface area (Å²) in [5.74, 6) is -0.495. The topological polar surface area (TPSA) is 67.2 Å². The molecule has 0 spiro atoms. The lowest BCUT2D eigenvalue weighted by Gasteiger charge is -2.07. The molecule has 0 aliphatic rings. The van der Waals surface area contributed by atoms with E-state index in [0.29, 0.717) is 23.3 Å². The molecule has 100 valence electrons. The molecule has 0 fully saturated rings. The fraction of sp³-hybridized carbons (Fsp3) is 0.357. The molecule has 0 heterocycles. The lowest BCUT2D eigenvalue weighted by atomic mass is 10.0. The average molecular weight is 324 g/mol. The molecule has 0 saturated heterocycles. The van der Waals surface area contributed by atoms with E-state index in [9.17, 15) is 9.59 Å². The van der Waals surface area contributed by atoms with Gasteiger partial charge in [0.2, 0.25) is 0 Å². The van der Waals surface area contributed by atoms with E-state index in [2.05, 4.69) is 15.9 Å². The number of ether oxygens (including phenoxy) is 1. The molecule has 0 aliphatic heterocycles. The van der Waals surface area contributed by atoms with E-state index in [0.717, 1.165) is 0 Å². The third kappa shape index (κ3) is 4.49. The van der Waals surface area contributed by atoms with Crippen LogP contribution in [-0.2, 0) is 16.0 Å². The number of halogens is 1. The van der Waals surface area contributed by atoms with Crippen LogP contribution in [-0.4, -0.2) is 23.2 Å². The maximum atomic E-state index is 11.9. The third-order valence-electron chi connectivity index (χ3n) is 2.42. The van der Waals surface area contributed by atoms with E-state index in [-0.39, 0.29) is 23.0 Å². The highest BCUT2D eigenvalue weighted by molar-refractivity contribution is 9.10. The quantitative estimate of drug-likeness (QED) is 0.474. The van der Waals surface area contributed by atoms with E-state index in [1.807, 2.05) is 6.07 Å². The first-order valence-corrected chi connectivity index (χ1v) is 6.77. The summed E-state index contributed by atoms with van der Waals surface area (Å²) in [5, 5.41) is 8.96. The first kappa shape index (κ1) is 15.4. The Hall–Kier alpha value is -1.67. The largest absolute Gasteiger partial charge is 0.466 e. The highest BCUT2D eigenvalue weighted by Gasteiger charge is 2.15. The fourth-order valence-electron chi connectivity index (χ4n) is 1.61. The molecular weight excluding hydrogens is 310 g/mol. The number of hydrogen-bond acceptors (Lipinski definition) is 4. The van der Waals surface area contributed by atoms with Crippen molar-refractivity contribution >= 4 is 27.7 Å². The van der Waals surface area contributed by atoms with Crippen molar-refractivity contribution in [1.82, 2.24) is 0 Å². The zero-order valence-electron chi connectivity index (χ0n) is 10.8. The van der Waals surface area contributed by atoms with Crippen molar-refractivity contribution in [2.45, 2.75) is 25.1 Å². The van der Waals surface area contributed by atoms with Gasteiger partial charge in [-0.15, -0.1) is 0 Å². The Labute approximate surface area is 120 Å². The van der Waals surface area contributed by atoms with Crippen molar-refractivity contribution in [3.63, 3.8) is 0 Å². The molecule has 0 saturated carbocycles. The normalized spacial score (nSPS) is 11.5. The Bertz CT molecular complexity index is 532. The minimum atomic E-state index is -0.372. The van der Waals surface area contributed by atoms with Crippen molar-refractivity contribution in [2.75, 3.05) is 6.61 Å². The molecule has 1 aromatic rings. The van der Waals surface area contributed by atoms with Crippen LogP contribution in [0.1, 0.15) is 35.3 Å². The second kappa shape index (κ2) is 7.05. The molecule has 4 nitrogen and oxygen atoms in total. The van der Waals surface area contributed by atoms with Gasteiger partial charge in [-0.1, -0.05) is 15.9 Å². The molecule has 1 aromatic carbocycles. The zero-order chi connectivity index (χ0) is 14.4. The van der Waals surface area contributed by atoms with Gasteiger partial charge in [0, 0.05) is 5.56 Å². The summed E-state index contributed by atoms with van der Waals surface area (Å²) in [6.45, 7) is 3.75. The maximum Gasteiger partial charge on any atom is 0.310 e. The van der Waals surface area contributed by atoms with Crippen LogP contribution in [0.2, 0.25) is 0 Å². The second-order valence-electron chi connectivity index (χ2n) is 3.99. The van der Waals surface area contributed by atoms with Crippen LogP contribution in [0.3, 0.4) is 0 Å². The van der Waals surface area contributed by atoms with Crippen molar-refractivity contribution in [1.29, 1.82) is 5.26 Å². The van der Waals surface area contributed by atoms with Crippen LogP contribution < -0.4 is 0 Å². The number of esters is 1. The highest BCUT2D eigenvalue weighted by atomic mass is 79.9. The number of benzene rings is 1. The molecule has 0 radical (unpaired) electrons. The first-order chi connectivity index (χ1) is 8.97. The number of nitrogens with zero attached hydrogens (tertiary/aromatic N) is 1. The van der Waals surface area contributed by atoms with Gasteiger partial charge >= 0.3 is 5.97 Å². The van der Waals surface area contributed by atoms with Crippen LogP contribution in [0.25, 0.3) is 0 Å². The predicted molar refractivity (Wildman–Crippen MR) is 74.2 cm³/mol. The maximum absolute atomic E-state index is 11.9. The van der Waals surface area contributed by atoms with Gasteiger partial charge in [-0.3, -0.25) is 9.59 Å². The number of nitriles is 1. The predicted octanol–water partition coefficient (Wildman–Crippen LogP) is 2.63. The minimum Gasteiger partial charge on any atom is -0.466 e. The van der Waals surface area contributed by atoms with Crippen LogP contribution >= 0.6 is 15.9 Å². The number of ketones is 1. The molecule has 5 heteroatoms. The summed E-state index contributed by atoms with van der Waals surface area (Å²) in [7, 11) is 0. The summed E-state index contributed by atoms with van der Waals surface area (Å²) >= 11 is 3.20. The Morgan fingerprint density at radius 2 is 2.11 bits per heavy atom.